The van der Waals surface area contributed by atoms with E-state index in [-0.39, 0.29) is 29.1 Å². The third kappa shape index (κ3) is 4.27. The summed E-state index contributed by atoms with van der Waals surface area (Å²) in [6.07, 6.45) is 7.85. The fourth-order valence-corrected chi connectivity index (χ4v) is 5.98. The number of amides is 1. The second-order valence-corrected chi connectivity index (χ2v) is 10.2. The van der Waals surface area contributed by atoms with Crippen LogP contribution in [-0.2, 0) is 14.4 Å². The van der Waals surface area contributed by atoms with Crippen molar-refractivity contribution < 1.29 is 29.7 Å². The molecule has 1 saturated carbocycles. The molecule has 0 aromatic rings. The van der Waals surface area contributed by atoms with Gasteiger partial charge in [-0.2, -0.15) is 0 Å². The Kier molecular flexibility index (Phi) is 6.70. The molecule has 1 heterocycles. The summed E-state index contributed by atoms with van der Waals surface area (Å²) >= 11 is 0. The predicted octanol–water partition coefficient (Wildman–Crippen LogP) is 3.16. The van der Waals surface area contributed by atoms with Crippen LogP contribution in [0.1, 0.15) is 53.9 Å². The van der Waals surface area contributed by atoms with Crippen LogP contribution < -0.4 is 5.32 Å². The number of aliphatic hydroxyl groups is 2. The molecule has 7 heteroatoms. The van der Waals surface area contributed by atoms with Crippen LogP contribution in [0.25, 0.3) is 0 Å². The molecule has 7 nitrogen and oxygen atoms in total. The van der Waals surface area contributed by atoms with E-state index < -0.39 is 41.6 Å². The SMILES string of the molecule is C/C=C(/C)[C@H]1C=C[C@H]2C[C@@H](C)C[C@@H](C)[C@@H]2[C@H]1/C(O)=C1/C(=O)N[C@@H](C[C@@](C)(O)C(=O)O)C1=O. The normalized spacial score (nSPS) is 38.7. The number of aliphatic hydroxyl groups excluding tert-OH is 1. The van der Waals surface area contributed by atoms with E-state index in [1.807, 2.05) is 19.9 Å². The van der Waals surface area contributed by atoms with Crippen LogP contribution in [0, 0.1) is 35.5 Å². The number of aliphatic carboxylic acids is 1. The molecule has 176 valence electrons. The number of ketones is 1. The molecule has 3 aliphatic rings. The lowest BCUT2D eigenvalue weighted by Crippen LogP contribution is -2.43. The molecule has 0 unspecified atom stereocenters. The Morgan fingerprint density at radius 1 is 1.22 bits per heavy atom. The van der Waals surface area contributed by atoms with Crippen molar-refractivity contribution in [2.45, 2.75) is 65.5 Å². The van der Waals surface area contributed by atoms with E-state index >= 15 is 0 Å². The highest BCUT2D eigenvalue weighted by Gasteiger charge is 2.49. The highest BCUT2D eigenvalue weighted by Crippen LogP contribution is 2.51. The molecule has 8 atom stereocenters. The summed E-state index contributed by atoms with van der Waals surface area (Å²) in [7, 11) is 0. The van der Waals surface area contributed by atoms with Crippen LogP contribution in [0.15, 0.2) is 35.1 Å². The van der Waals surface area contributed by atoms with E-state index in [4.69, 9.17) is 0 Å². The summed E-state index contributed by atoms with van der Waals surface area (Å²) in [5.74, 6) is -2.39. The van der Waals surface area contributed by atoms with Crippen LogP contribution in [0.5, 0.6) is 0 Å². The first-order chi connectivity index (χ1) is 14.9. The lowest BCUT2D eigenvalue weighted by atomic mass is 9.57. The van der Waals surface area contributed by atoms with Crippen LogP contribution in [0.2, 0.25) is 0 Å². The molecule has 0 radical (unpaired) electrons. The van der Waals surface area contributed by atoms with Gasteiger partial charge in [0.2, 0.25) is 0 Å². The van der Waals surface area contributed by atoms with E-state index in [0.717, 1.165) is 25.3 Å². The molecule has 1 amide bonds. The van der Waals surface area contributed by atoms with Gasteiger partial charge in [-0.15, -0.1) is 0 Å². The van der Waals surface area contributed by atoms with Crippen molar-refractivity contribution in [3.8, 4) is 0 Å². The van der Waals surface area contributed by atoms with Gasteiger partial charge in [0.15, 0.2) is 11.4 Å². The Bertz CT molecular complexity index is 898. The van der Waals surface area contributed by atoms with Crippen molar-refractivity contribution in [3.63, 3.8) is 0 Å². The molecule has 1 aliphatic heterocycles. The van der Waals surface area contributed by atoms with Gasteiger partial charge in [0.05, 0.1) is 6.04 Å². The Balaban J connectivity index is 2.04. The number of rotatable bonds is 5. The number of carboxylic acid groups (broad SMARTS) is 1. The van der Waals surface area contributed by atoms with Crippen molar-refractivity contribution in [1.29, 1.82) is 0 Å². The summed E-state index contributed by atoms with van der Waals surface area (Å²) < 4.78 is 0. The van der Waals surface area contributed by atoms with Gasteiger partial charge < -0.3 is 20.6 Å². The summed E-state index contributed by atoms with van der Waals surface area (Å²) in [6, 6.07) is -1.19. The minimum Gasteiger partial charge on any atom is -0.511 e. The van der Waals surface area contributed by atoms with Crippen LogP contribution in [0.4, 0.5) is 0 Å². The van der Waals surface area contributed by atoms with Gasteiger partial charge >= 0.3 is 5.97 Å². The van der Waals surface area contributed by atoms with Crippen molar-refractivity contribution in [2.24, 2.45) is 35.5 Å². The second kappa shape index (κ2) is 8.85. The standard InChI is InChI=1S/C25H35NO6/c1-6-13(3)16-8-7-15-10-12(2)9-14(4)18(15)19(16)22(28)20-21(27)17(26-23(20)29)11-25(5,32)24(30)31/h6-8,12,14-19,28,32H,9-11H2,1-5H3,(H,26,29)(H,30,31)/b13-6-,22-20-/t12-,14+,15-,16+,17-,18-,19-,25+/m0/s1. The first-order valence-electron chi connectivity index (χ1n) is 11.4. The average Bonchev–Trinajstić information content (AvgIpc) is 2.98. The van der Waals surface area contributed by atoms with E-state index in [1.54, 1.807) is 0 Å². The fourth-order valence-electron chi connectivity index (χ4n) is 5.98. The molecule has 32 heavy (non-hydrogen) atoms. The van der Waals surface area contributed by atoms with Gasteiger partial charge in [-0.1, -0.05) is 37.6 Å². The third-order valence-electron chi connectivity index (χ3n) is 7.68. The van der Waals surface area contributed by atoms with Gasteiger partial charge in [0.25, 0.3) is 5.91 Å². The van der Waals surface area contributed by atoms with Crippen molar-refractivity contribution in [2.75, 3.05) is 0 Å². The Morgan fingerprint density at radius 2 is 1.88 bits per heavy atom. The van der Waals surface area contributed by atoms with Gasteiger partial charge in [0.1, 0.15) is 11.3 Å². The van der Waals surface area contributed by atoms with Crippen LogP contribution >= 0.6 is 0 Å². The minimum atomic E-state index is -2.17. The molecule has 1 saturated heterocycles. The summed E-state index contributed by atoms with van der Waals surface area (Å²) in [5, 5.41) is 33.2. The lowest BCUT2D eigenvalue weighted by Gasteiger charge is -2.47. The number of fused-ring (bicyclic) bond motifs is 1. The number of carbonyl (C=O) groups is 3. The lowest BCUT2D eigenvalue weighted by molar-refractivity contribution is -0.158. The number of Topliss-reactive ketones (excluding diaryl/α,β-unsaturated/α-hetero) is 1. The van der Waals surface area contributed by atoms with Crippen molar-refractivity contribution >= 4 is 17.7 Å². The van der Waals surface area contributed by atoms with E-state index in [2.05, 4.69) is 31.3 Å². The van der Waals surface area contributed by atoms with E-state index in [0.29, 0.717) is 11.8 Å². The van der Waals surface area contributed by atoms with Gasteiger partial charge in [-0.05, 0) is 57.3 Å². The van der Waals surface area contributed by atoms with Crippen LogP contribution in [0.3, 0.4) is 0 Å². The number of nitrogens with one attached hydrogen (secondary N) is 1. The largest absolute Gasteiger partial charge is 0.511 e. The fraction of sp³-hybridized carbons (Fsp3) is 0.640. The first-order valence-corrected chi connectivity index (χ1v) is 11.4. The van der Waals surface area contributed by atoms with E-state index in [9.17, 15) is 29.7 Å². The Morgan fingerprint density at radius 3 is 2.47 bits per heavy atom. The molecule has 2 aliphatic carbocycles. The highest BCUT2D eigenvalue weighted by molar-refractivity contribution is 6.27. The predicted molar refractivity (Wildman–Crippen MR) is 120 cm³/mol. The van der Waals surface area contributed by atoms with Crippen molar-refractivity contribution in [1.82, 2.24) is 5.32 Å². The Labute approximate surface area is 189 Å². The third-order valence-corrected chi connectivity index (χ3v) is 7.68. The molecule has 0 aromatic heterocycles. The van der Waals surface area contributed by atoms with Crippen LogP contribution in [-0.4, -0.2) is 44.6 Å². The first kappa shape index (κ1) is 24.2. The number of carbonyl (C=O) groups excluding carboxylic acids is 2. The molecule has 4 N–H and O–H groups in total. The molecular formula is C25H35NO6. The second-order valence-electron chi connectivity index (χ2n) is 10.2. The number of allylic oxidation sites excluding steroid dienone is 5. The molecule has 0 bridgehead atoms. The Hall–Kier alpha value is -2.41. The average molecular weight is 446 g/mol. The zero-order chi connectivity index (χ0) is 24.0. The smallest absolute Gasteiger partial charge is 0.335 e. The molecular weight excluding hydrogens is 410 g/mol. The molecule has 3 rings (SSSR count). The maximum atomic E-state index is 13.1. The highest BCUT2D eigenvalue weighted by atomic mass is 16.4. The summed E-state index contributed by atoms with van der Waals surface area (Å²) in [5.41, 5.74) is -1.41. The molecule has 0 aromatic carbocycles. The quantitative estimate of drug-likeness (QED) is 0.223. The molecule has 2 fully saturated rings. The van der Waals surface area contributed by atoms with Gasteiger partial charge in [-0.25, -0.2) is 4.79 Å². The zero-order valence-electron chi connectivity index (χ0n) is 19.5. The van der Waals surface area contributed by atoms with E-state index in [1.165, 1.54) is 0 Å². The van der Waals surface area contributed by atoms with Gasteiger partial charge in [0, 0.05) is 18.3 Å². The number of carboxylic acids is 1. The van der Waals surface area contributed by atoms with Gasteiger partial charge in [-0.3, -0.25) is 9.59 Å². The maximum absolute atomic E-state index is 13.1. The monoisotopic (exact) mass is 445 g/mol. The summed E-state index contributed by atoms with van der Waals surface area (Å²) in [6.45, 7) is 9.40. The van der Waals surface area contributed by atoms with Crippen molar-refractivity contribution in [3.05, 3.63) is 35.1 Å². The number of hydrogen-bond donors (Lipinski definition) is 4. The number of hydrogen-bond acceptors (Lipinski definition) is 5. The topological polar surface area (TPSA) is 124 Å². The maximum Gasteiger partial charge on any atom is 0.335 e. The summed E-state index contributed by atoms with van der Waals surface area (Å²) in [4.78, 5) is 37.1. The molecule has 0 spiro atoms. The minimum absolute atomic E-state index is 0.0883. The zero-order valence-corrected chi connectivity index (χ0v) is 19.5.